The van der Waals surface area contributed by atoms with Gasteiger partial charge >= 0.3 is 0 Å². The van der Waals surface area contributed by atoms with Crippen molar-refractivity contribution in [3.05, 3.63) is 59.1 Å². The summed E-state index contributed by atoms with van der Waals surface area (Å²) in [5.41, 5.74) is 3.07. The fourth-order valence-electron chi connectivity index (χ4n) is 3.98. The van der Waals surface area contributed by atoms with Crippen LogP contribution in [0.3, 0.4) is 0 Å². The number of amides is 1. The predicted molar refractivity (Wildman–Crippen MR) is 106 cm³/mol. The monoisotopic (exact) mass is 369 g/mol. The molecule has 2 fully saturated rings. The molecule has 1 saturated heterocycles. The molecule has 2 aliphatic rings. The van der Waals surface area contributed by atoms with Crippen molar-refractivity contribution in [1.29, 1.82) is 0 Å². The van der Waals surface area contributed by atoms with Gasteiger partial charge in [-0.25, -0.2) is 0 Å². The quantitative estimate of drug-likeness (QED) is 0.737. The zero-order valence-corrected chi connectivity index (χ0v) is 15.5. The van der Waals surface area contributed by atoms with Crippen LogP contribution in [0.15, 0.2) is 48.5 Å². The summed E-state index contributed by atoms with van der Waals surface area (Å²) < 4.78 is 0. The van der Waals surface area contributed by atoms with E-state index in [2.05, 4.69) is 28.1 Å². The largest absolute Gasteiger partial charge is 0.379 e. The first-order valence-electron chi connectivity index (χ1n) is 9.25. The minimum atomic E-state index is 0.122. The van der Waals surface area contributed by atoms with Crippen LogP contribution in [-0.4, -0.2) is 19.0 Å². The Kier molecular flexibility index (Phi) is 4.88. The van der Waals surface area contributed by atoms with E-state index >= 15 is 0 Å². The van der Waals surface area contributed by atoms with Gasteiger partial charge in [-0.2, -0.15) is 0 Å². The van der Waals surface area contributed by atoms with Crippen LogP contribution < -0.4 is 16.0 Å². The van der Waals surface area contributed by atoms with Crippen LogP contribution in [0.4, 0.5) is 11.4 Å². The normalized spacial score (nSPS) is 20.6. The summed E-state index contributed by atoms with van der Waals surface area (Å²) in [7, 11) is 0. The van der Waals surface area contributed by atoms with Gasteiger partial charge in [0.1, 0.15) is 0 Å². The van der Waals surface area contributed by atoms with Crippen LogP contribution in [0.1, 0.15) is 24.8 Å². The SMILES string of the molecule is O=C(Nc1cc(Cl)ccc1NCc1ccccc1)C1CC12CCNCC2. The molecule has 2 aromatic carbocycles. The summed E-state index contributed by atoms with van der Waals surface area (Å²) in [4.78, 5) is 12.8. The maximum atomic E-state index is 12.8. The molecule has 4 rings (SSSR count). The first-order chi connectivity index (χ1) is 12.7. The topological polar surface area (TPSA) is 53.2 Å². The van der Waals surface area contributed by atoms with E-state index < -0.39 is 0 Å². The summed E-state index contributed by atoms with van der Waals surface area (Å²) in [5.74, 6) is 0.252. The molecule has 1 amide bonds. The van der Waals surface area contributed by atoms with Crippen molar-refractivity contribution in [1.82, 2.24) is 5.32 Å². The van der Waals surface area contributed by atoms with Gasteiger partial charge in [0.25, 0.3) is 0 Å². The molecule has 1 unspecified atom stereocenters. The molecule has 0 radical (unpaired) electrons. The maximum absolute atomic E-state index is 12.8. The van der Waals surface area contributed by atoms with Crippen molar-refractivity contribution in [3.63, 3.8) is 0 Å². The molecule has 1 aliphatic heterocycles. The van der Waals surface area contributed by atoms with Crippen molar-refractivity contribution in [2.45, 2.75) is 25.8 Å². The van der Waals surface area contributed by atoms with Crippen LogP contribution in [0.5, 0.6) is 0 Å². The van der Waals surface area contributed by atoms with Gasteiger partial charge in [-0.15, -0.1) is 0 Å². The Balaban J connectivity index is 1.44. The van der Waals surface area contributed by atoms with Crippen LogP contribution in [0.25, 0.3) is 0 Å². The van der Waals surface area contributed by atoms with Gasteiger partial charge in [0.2, 0.25) is 5.91 Å². The Morgan fingerprint density at radius 2 is 1.88 bits per heavy atom. The molecule has 1 aliphatic carbocycles. The first-order valence-corrected chi connectivity index (χ1v) is 9.63. The van der Waals surface area contributed by atoms with E-state index in [0.717, 1.165) is 43.7 Å². The smallest absolute Gasteiger partial charge is 0.228 e. The highest BCUT2D eigenvalue weighted by molar-refractivity contribution is 6.31. The van der Waals surface area contributed by atoms with Gasteiger partial charge < -0.3 is 16.0 Å². The molecular weight excluding hydrogens is 346 g/mol. The molecule has 1 atom stereocenters. The van der Waals surface area contributed by atoms with E-state index in [1.54, 1.807) is 0 Å². The van der Waals surface area contributed by atoms with Gasteiger partial charge in [0.05, 0.1) is 11.4 Å². The lowest BCUT2D eigenvalue weighted by Gasteiger charge is -2.23. The molecule has 1 heterocycles. The molecule has 0 bridgehead atoms. The summed E-state index contributed by atoms with van der Waals surface area (Å²) in [6.07, 6.45) is 3.20. The third-order valence-corrected chi connectivity index (χ3v) is 5.91. The lowest BCUT2D eigenvalue weighted by molar-refractivity contribution is -0.118. The Morgan fingerprint density at radius 1 is 1.12 bits per heavy atom. The third kappa shape index (κ3) is 3.71. The van der Waals surface area contributed by atoms with Crippen molar-refractivity contribution in [3.8, 4) is 0 Å². The highest BCUT2D eigenvalue weighted by Gasteiger charge is 2.57. The molecule has 1 spiro atoms. The molecule has 2 aromatic rings. The Labute approximate surface area is 159 Å². The number of carbonyl (C=O) groups is 1. The van der Waals surface area contributed by atoms with Crippen LogP contribution in [-0.2, 0) is 11.3 Å². The molecule has 4 nitrogen and oxygen atoms in total. The molecule has 5 heteroatoms. The van der Waals surface area contributed by atoms with Crippen molar-refractivity contribution in [2.75, 3.05) is 23.7 Å². The second-order valence-corrected chi connectivity index (χ2v) is 7.82. The fourth-order valence-corrected chi connectivity index (χ4v) is 4.15. The second kappa shape index (κ2) is 7.29. The number of anilines is 2. The zero-order valence-electron chi connectivity index (χ0n) is 14.7. The summed E-state index contributed by atoms with van der Waals surface area (Å²) in [5, 5.41) is 10.5. The van der Waals surface area contributed by atoms with E-state index in [1.807, 2.05) is 36.4 Å². The van der Waals surface area contributed by atoms with Crippen LogP contribution >= 0.6 is 11.6 Å². The molecule has 0 aromatic heterocycles. The van der Waals surface area contributed by atoms with Crippen molar-refractivity contribution < 1.29 is 4.79 Å². The van der Waals surface area contributed by atoms with Gasteiger partial charge in [-0.3, -0.25) is 4.79 Å². The average molecular weight is 370 g/mol. The highest BCUT2D eigenvalue weighted by atomic mass is 35.5. The number of hydrogen-bond acceptors (Lipinski definition) is 3. The van der Waals surface area contributed by atoms with E-state index in [-0.39, 0.29) is 17.2 Å². The number of piperidine rings is 1. The number of carbonyl (C=O) groups excluding carboxylic acids is 1. The number of hydrogen-bond donors (Lipinski definition) is 3. The Hall–Kier alpha value is -2.04. The van der Waals surface area contributed by atoms with Crippen molar-refractivity contribution >= 4 is 28.9 Å². The number of nitrogens with one attached hydrogen (secondary N) is 3. The molecule has 1 saturated carbocycles. The van der Waals surface area contributed by atoms with Crippen molar-refractivity contribution in [2.24, 2.45) is 11.3 Å². The number of benzene rings is 2. The van der Waals surface area contributed by atoms with Gasteiger partial charge in [-0.05, 0) is 61.5 Å². The lowest BCUT2D eigenvalue weighted by Crippen LogP contribution is -2.31. The maximum Gasteiger partial charge on any atom is 0.228 e. The Bertz CT molecular complexity index is 787. The lowest BCUT2D eigenvalue weighted by atomic mass is 9.92. The zero-order chi connectivity index (χ0) is 18.0. The predicted octanol–water partition coefficient (Wildman–Crippen LogP) is 4.28. The van der Waals surface area contributed by atoms with E-state index in [9.17, 15) is 4.79 Å². The minimum absolute atomic E-state index is 0.122. The standard InChI is InChI=1S/C21H24ClN3O/c22-16-6-7-18(24-14-15-4-2-1-3-5-15)19(12-16)25-20(26)17-13-21(17)8-10-23-11-9-21/h1-7,12,17,23-24H,8-11,13-14H2,(H,25,26). The van der Waals surface area contributed by atoms with Gasteiger partial charge in [-0.1, -0.05) is 41.9 Å². The Morgan fingerprint density at radius 3 is 2.65 bits per heavy atom. The first kappa shape index (κ1) is 17.4. The highest BCUT2D eigenvalue weighted by Crippen LogP contribution is 2.58. The number of halogens is 1. The average Bonchev–Trinajstić information content (AvgIpc) is 3.35. The molecule has 26 heavy (non-hydrogen) atoms. The third-order valence-electron chi connectivity index (χ3n) is 5.67. The fraction of sp³-hybridized carbons (Fsp3) is 0.381. The minimum Gasteiger partial charge on any atom is -0.379 e. The van der Waals surface area contributed by atoms with Crippen LogP contribution in [0, 0.1) is 11.3 Å². The number of rotatable bonds is 5. The van der Waals surface area contributed by atoms with E-state index in [4.69, 9.17) is 11.6 Å². The molecule has 136 valence electrons. The summed E-state index contributed by atoms with van der Waals surface area (Å²) in [6, 6.07) is 15.8. The molecular formula is C21H24ClN3O. The van der Waals surface area contributed by atoms with E-state index in [0.29, 0.717) is 11.6 Å². The summed E-state index contributed by atoms with van der Waals surface area (Å²) in [6.45, 7) is 2.74. The van der Waals surface area contributed by atoms with Gasteiger partial charge in [0, 0.05) is 17.5 Å². The van der Waals surface area contributed by atoms with E-state index in [1.165, 1.54) is 5.56 Å². The second-order valence-electron chi connectivity index (χ2n) is 7.39. The summed E-state index contributed by atoms with van der Waals surface area (Å²) >= 11 is 6.17. The molecule has 3 N–H and O–H groups in total. The van der Waals surface area contributed by atoms with Gasteiger partial charge in [0.15, 0.2) is 0 Å². The van der Waals surface area contributed by atoms with Crippen LogP contribution in [0.2, 0.25) is 5.02 Å².